The maximum atomic E-state index is 12.9. The molecule has 2 heterocycles. The SMILES string of the molecule is COC(=O)COc1cccc(C(=O)N2CCN(S(=O)(=O)c3cc(C)sc3C)CC2)c1. The molecule has 0 saturated carbocycles. The summed E-state index contributed by atoms with van der Waals surface area (Å²) in [6.45, 7) is 4.52. The molecule has 1 aliphatic heterocycles. The average Bonchev–Trinajstić information content (AvgIpc) is 3.10. The van der Waals surface area contributed by atoms with Crippen LogP contribution in [0, 0.1) is 13.8 Å². The van der Waals surface area contributed by atoms with Crippen LogP contribution in [0.2, 0.25) is 0 Å². The number of esters is 1. The van der Waals surface area contributed by atoms with Gasteiger partial charge in [0.2, 0.25) is 10.0 Å². The fourth-order valence-electron chi connectivity index (χ4n) is 3.24. The Morgan fingerprint density at radius 1 is 1.10 bits per heavy atom. The van der Waals surface area contributed by atoms with E-state index in [-0.39, 0.29) is 25.6 Å². The predicted molar refractivity (Wildman–Crippen MR) is 112 cm³/mol. The number of amides is 1. The Balaban J connectivity index is 1.64. The van der Waals surface area contributed by atoms with Crippen LogP contribution in [0.15, 0.2) is 35.2 Å². The molecule has 8 nitrogen and oxygen atoms in total. The van der Waals surface area contributed by atoms with E-state index in [1.165, 1.54) is 22.8 Å². The van der Waals surface area contributed by atoms with Crippen molar-refractivity contribution in [2.75, 3.05) is 39.9 Å². The molecule has 0 radical (unpaired) electrons. The first-order valence-corrected chi connectivity index (χ1v) is 11.6. The Morgan fingerprint density at radius 2 is 1.80 bits per heavy atom. The van der Waals surface area contributed by atoms with Crippen LogP contribution in [0.25, 0.3) is 0 Å². The van der Waals surface area contributed by atoms with Gasteiger partial charge in [-0.3, -0.25) is 4.79 Å². The van der Waals surface area contributed by atoms with Gasteiger partial charge in [0, 0.05) is 41.5 Å². The van der Waals surface area contributed by atoms with E-state index < -0.39 is 16.0 Å². The van der Waals surface area contributed by atoms with E-state index >= 15 is 0 Å². The maximum absolute atomic E-state index is 12.9. The number of piperazine rings is 1. The van der Waals surface area contributed by atoms with Crippen molar-refractivity contribution in [1.29, 1.82) is 0 Å². The van der Waals surface area contributed by atoms with Crippen LogP contribution in [-0.2, 0) is 19.6 Å². The lowest BCUT2D eigenvalue weighted by Gasteiger charge is -2.34. The number of thiophene rings is 1. The normalized spacial score (nSPS) is 15.1. The van der Waals surface area contributed by atoms with Crippen molar-refractivity contribution < 1.29 is 27.5 Å². The molecule has 0 bridgehead atoms. The van der Waals surface area contributed by atoms with Gasteiger partial charge >= 0.3 is 5.97 Å². The number of sulfonamides is 1. The van der Waals surface area contributed by atoms with Crippen molar-refractivity contribution >= 4 is 33.2 Å². The van der Waals surface area contributed by atoms with Gasteiger partial charge < -0.3 is 14.4 Å². The van der Waals surface area contributed by atoms with Gasteiger partial charge in [-0.25, -0.2) is 13.2 Å². The maximum Gasteiger partial charge on any atom is 0.343 e. The molecule has 162 valence electrons. The topological polar surface area (TPSA) is 93.2 Å². The van der Waals surface area contributed by atoms with E-state index in [2.05, 4.69) is 4.74 Å². The lowest BCUT2D eigenvalue weighted by molar-refractivity contribution is -0.142. The Hall–Kier alpha value is -2.43. The van der Waals surface area contributed by atoms with Gasteiger partial charge in [0.15, 0.2) is 6.61 Å². The van der Waals surface area contributed by atoms with Crippen molar-refractivity contribution in [3.05, 3.63) is 45.6 Å². The van der Waals surface area contributed by atoms with E-state index in [9.17, 15) is 18.0 Å². The Labute approximate surface area is 180 Å². The van der Waals surface area contributed by atoms with Crippen LogP contribution >= 0.6 is 11.3 Å². The van der Waals surface area contributed by atoms with Crippen LogP contribution < -0.4 is 4.74 Å². The highest BCUT2D eigenvalue weighted by Crippen LogP contribution is 2.28. The minimum absolute atomic E-state index is 0.210. The first-order chi connectivity index (χ1) is 14.2. The van der Waals surface area contributed by atoms with E-state index in [4.69, 9.17) is 4.74 Å². The minimum atomic E-state index is -3.57. The number of benzene rings is 1. The summed E-state index contributed by atoms with van der Waals surface area (Å²) in [5.74, 6) is -0.339. The number of ether oxygens (including phenoxy) is 2. The van der Waals surface area contributed by atoms with E-state index in [0.717, 1.165) is 9.75 Å². The number of aryl methyl sites for hydroxylation is 2. The summed E-state index contributed by atoms with van der Waals surface area (Å²) in [5, 5.41) is 0. The van der Waals surface area contributed by atoms with Gasteiger partial charge in [-0.1, -0.05) is 6.07 Å². The monoisotopic (exact) mass is 452 g/mol. The van der Waals surface area contributed by atoms with E-state index in [0.29, 0.717) is 29.3 Å². The summed E-state index contributed by atoms with van der Waals surface area (Å²) in [6.07, 6.45) is 0. The van der Waals surface area contributed by atoms with Crippen LogP contribution in [0.1, 0.15) is 20.1 Å². The first kappa shape index (κ1) is 22.3. The van der Waals surface area contributed by atoms with Gasteiger partial charge in [0.05, 0.1) is 12.0 Å². The largest absolute Gasteiger partial charge is 0.482 e. The summed E-state index contributed by atoms with van der Waals surface area (Å²) < 4.78 is 37.2. The van der Waals surface area contributed by atoms with Crippen LogP contribution in [0.3, 0.4) is 0 Å². The zero-order valence-corrected chi connectivity index (χ0v) is 18.7. The zero-order valence-electron chi connectivity index (χ0n) is 17.1. The lowest BCUT2D eigenvalue weighted by Crippen LogP contribution is -2.50. The molecule has 2 aromatic rings. The molecule has 0 unspecified atom stereocenters. The number of hydrogen-bond donors (Lipinski definition) is 0. The number of nitrogens with zero attached hydrogens (tertiary/aromatic N) is 2. The van der Waals surface area contributed by atoms with E-state index in [1.807, 2.05) is 6.92 Å². The zero-order chi connectivity index (χ0) is 21.9. The minimum Gasteiger partial charge on any atom is -0.482 e. The highest BCUT2D eigenvalue weighted by molar-refractivity contribution is 7.89. The van der Waals surface area contributed by atoms with Gasteiger partial charge in [0.1, 0.15) is 5.75 Å². The highest BCUT2D eigenvalue weighted by Gasteiger charge is 2.32. The van der Waals surface area contributed by atoms with Crippen molar-refractivity contribution in [3.63, 3.8) is 0 Å². The Morgan fingerprint density at radius 3 is 2.40 bits per heavy atom. The van der Waals surface area contributed by atoms with Crippen molar-refractivity contribution in [2.24, 2.45) is 0 Å². The third-order valence-electron chi connectivity index (χ3n) is 4.80. The van der Waals surface area contributed by atoms with Gasteiger partial charge in [-0.2, -0.15) is 4.31 Å². The summed E-state index contributed by atoms with van der Waals surface area (Å²) in [7, 11) is -2.30. The molecule has 0 spiro atoms. The second kappa shape index (κ2) is 9.15. The van der Waals surface area contributed by atoms with Crippen LogP contribution in [0.5, 0.6) is 5.75 Å². The summed E-state index contributed by atoms with van der Waals surface area (Å²) >= 11 is 1.46. The molecule has 0 atom stereocenters. The number of carbonyl (C=O) groups excluding carboxylic acids is 2. The molecular formula is C20H24N2O6S2. The summed E-state index contributed by atoms with van der Waals surface area (Å²) in [5.41, 5.74) is 0.415. The molecular weight excluding hydrogens is 428 g/mol. The molecule has 1 aliphatic rings. The highest BCUT2D eigenvalue weighted by atomic mass is 32.2. The molecule has 1 saturated heterocycles. The number of methoxy groups -OCH3 is 1. The standard InChI is InChI=1S/C20H24N2O6S2/c1-14-11-18(15(2)29-14)30(25,26)22-9-7-21(8-10-22)20(24)16-5-4-6-17(12-16)28-13-19(23)27-3/h4-6,11-12H,7-10,13H2,1-3H3. The van der Waals surface area contributed by atoms with Crippen molar-refractivity contribution in [3.8, 4) is 5.75 Å². The molecule has 10 heteroatoms. The van der Waals surface area contributed by atoms with Gasteiger partial charge in [-0.05, 0) is 38.1 Å². The molecule has 1 amide bonds. The smallest absolute Gasteiger partial charge is 0.343 e. The van der Waals surface area contributed by atoms with Crippen LogP contribution in [-0.4, -0.2) is 69.4 Å². The molecule has 3 rings (SSSR count). The van der Waals surface area contributed by atoms with Crippen LogP contribution in [0.4, 0.5) is 0 Å². The summed E-state index contributed by atoms with van der Waals surface area (Å²) in [6, 6.07) is 8.24. The molecule has 1 aromatic heterocycles. The Kier molecular flexibility index (Phi) is 6.79. The molecule has 1 fully saturated rings. The fourth-order valence-corrected chi connectivity index (χ4v) is 6.18. The summed E-state index contributed by atoms with van der Waals surface area (Å²) in [4.78, 5) is 27.8. The third-order valence-corrected chi connectivity index (χ3v) is 7.92. The second-order valence-electron chi connectivity index (χ2n) is 6.87. The predicted octanol–water partition coefficient (Wildman–Crippen LogP) is 2.06. The quantitative estimate of drug-likeness (QED) is 0.623. The molecule has 1 aromatic carbocycles. The van der Waals surface area contributed by atoms with Crippen molar-refractivity contribution in [2.45, 2.75) is 18.7 Å². The lowest BCUT2D eigenvalue weighted by atomic mass is 10.1. The van der Waals surface area contributed by atoms with Gasteiger partial charge in [-0.15, -0.1) is 11.3 Å². The fraction of sp³-hybridized carbons (Fsp3) is 0.400. The third kappa shape index (κ3) is 4.82. The molecule has 0 N–H and O–H groups in total. The number of carbonyl (C=O) groups is 2. The Bertz CT molecular complexity index is 1040. The number of rotatable bonds is 6. The number of hydrogen-bond acceptors (Lipinski definition) is 7. The van der Waals surface area contributed by atoms with Crippen molar-refractivity contribution in [1.82, 2.24) is 9.21 Å². The first-order valence-electron chi connectivity index (χ1n) is 9.38. The van der Waals surface area contributed by atoms with Gasteiger partial charge in [0.25, 0.3) is 5.91 Å². The van der Waals surface area contributed by atoms with E-state index in [1.54, 1.807) is 42.2 Å². The second-order valence-corrected chi connectivity index (χ2v) is 10.2. The molecule has 30 heavy (non-hydrogen) atoms. The molecule has 0 aliphatic carbocycles. The average molecular weight is 453 g/mol.